The maximum atomic E-state index is 6.00. The van der Waals surface area contributed by atoms with Gasteiger partial charge in [-0.15, -0.1) is 0 Å². The van der Waals surface area contributed by atoms with Gasteiger partial charge in [-0.1, -0.05) is 23.2 Å². The molecule has 5 heteroatoms. The van der Waals surface area contributed by atoms with E-state index in [4.69, 9.17) is 33.4 Å². The molecule has 0 amide bonds. The predicted molar refractivity (Wildman–Crippen MR) is 74.8 cm³/mol. The quantitative estimate of drug-likeness (QED) is 0.869. The van der Waals surface area contributed by atoms with Gasteiger partial charge in [-0.2, -0.15) is 0 Å². The molecule has 1 aromatic carbocycles. The highest BCUT2D eigenvalue weighted by Crippen LogP contribution is 2.29. The first kappa shape index (κ1) is 13.3. The Hall–Kier alpha value is -1.16. The molecule has 1 aromatic heterocycles. The molecular weight excluding hydrogens is 271 g/mol. The van der Waals surface area contributed by atoms with Gasteiger partial charge < -0.3 is 10.2 Å². The van der Waals surface area contributed by atoms with Crippen molar-refractivity contribution in [1.82, 2.24) is 4.90 Å². The smallest absolute Gasteiger partial charge is 0.117 e. The van der Waals surface area contributed by atoms with E-state index in [9.17, 15) is 0 Å². The van der Waals surface area contributed by atoms with Gasteiger partial charge >= 0.3 is 0 Å². The molecule has 0 spiro atoms. The van der Waals surface area contributed by atoms with E-state index in [0.29, 0.717) is 15.7 Å². The van der Waals surface area contributed by atoms with Crippen molar-refractivity contribution >= 4 is 28.9 Å². The second-order valence-electron chi connectivity index (χ2n) is 4.22. The number of nitrogens with zero attached hydrogens (tertiary/aromatic N) is 1. The average Bonchev–Trinajstić information content (AvgIpc) is 2.78. The lowest BCUT2D eigenvalue weighted by molar-refractivity contribution is 0.288. The molecule has 0 saturated heterocycles. The van der Waals surface area contributed by atoms with Crippen molar-refractivity contribution < 1.29 is 4.42 Å². The number of nitrogen functional groups attached to an aromatic ring is 1. The molecule has 2 N–H and O–H groups in total. The zero-order valence-corrected chi connectivity index (χ0v) is 11.5. The van der Waals surface area contributed by atoms with Crippen LogP contribution in [0.5, 0.6) is 0 Å². The third-order valence-corrected chi connectivity index (χ3v) is 3.22. The highest BCUT2D eigenvalue weighted by Gasteiger charge is 2.08. The highest BCUT2D eigenvalue weighted by atomic mass is 35.5. The number of anilines is 1. The fourth-order valence-electron chi connectivity index (χ4n) is 1.76. The minimum Gasteiger partial charge on any atom is -0.468 e. The van der Waals surface area contributed by atoms with Crippen molar-refractivity contribution in [2.75, 3.05) is 12.8 Å². The summed E-state index contributed by atoms with van der Waals surface area (Å²) in [4.78, 5) is 2.11. The molecule has 0 atom stereocenters. The molecular formula is C13H14Cl2N2O. The van der Waals surface area contributed by atoms with Gasteiger partial charge in [0.25, 0.3) is 0 Å². The molecule has 3 nitrogen and oxygen atoms in total. The van der Waals surface area contributed by atoms with E-state index >= 15 is 0 Å². The zero-order chi connectivity index (χ0) is 13.1. The standard InChI is InChI=1S/C13H14Cl2N2O/c1-17(8-10-3-2-4-18-10)7-9-5-11(14)13(16)12(15)6-9/h2-6H,7-8,16H2,1H3. The molecule has 0 aliphatic heterocycles. The van der Waals surface area contributed by atoms with Gasteiger partial charge in [0.05, 0.1) is 28.5 Å². The molecule has 0 aliphatic rings. The first-order chi connectivity index (χ1) is 8.56. The maximum Gasteiger partial charge on any atom is 0.117 e. The second kappa shape index (κ2) is 5.65. The van der Waals surface area contributed by atoms with E-state index in [-0.39, 0.29) is 0 Å². The summed E-state index contributed by atoms with van der Waals surface area (Å²) in [6.45, 7) is 1.45. The van der Waals surface area contributed by atoms with E-state index in [2.05, 4.69) is 4.90 Å². The van der Waals surface area contributed by atoms with Crippen molar-refractivity contribution in [3.05, 3.63) is 51.9 Å². The van der Waals surface area contributed by atoms with Crippen LogP contribution in [-0.4, -0.2) is 11.9 Å². The summed E-state index contributed by atoms with van der Waals surface area (Å²) in [6, 6.07) is 7.49. The summed E-state index contributed by atoms with van der Waals surface area (Å²) in [5, 5.41) is 0.979. The Kier molecular flexibility index (Phi) is 4.17. The summed E-state index contributed by atoms with van der Waals surface area (Å²) >= 11 is 12.0. The molecule has 0 aliphatic carbocycles. The van der Waals surface area contributed by atoms with Crippen LogP contribution in [0.4, 0.5) is 5.69 Å². The topological polar surface area (TPSA) is 42.4 Å². The minimum atomic E-state index is 0.427. The van der Waals surface area contributed by atoms with Crippen molar-refractivity contribution in [3.63, 3.8) is 0 Å². The molecule has 96 valence electrons. The number of benzene rings is 1. The van der Waals surface area contributed by atoms with Gasteiger partial charge in [0, 0.05) is 6.54 Å². The van der Waals surface area contributed by atoms with Crippen LogP contribution >= 0.6 is 23.2 Å². The Balaban J connectivity index is 2.05. The molecule has 0 saturated carbocycles. The van der Waals surface area contributed by atoms with Crippen molar-refractivity contribution in [3.8, 4) is 0 Å². The average molecular weight is 285 g/mol. The molecule has 0 fully saturated rings. The van der Waals surface area contributed by atoms with Crippen molar-refractivity contribution in [1.29, 1.82) is 0 Å². The van der Waals surface area contributed by atoms with Crippen LogP contribution in [0.3, 0.4) is 0 Å². The second-order valence-corrected chi connectivity index (χ2v) is 5.04. The summed E-state index contributed by atoms with van der Waals surface area (Å²) in [7, 11) is 2.00. The van der Waals surface area contributed by atoms with Crippen LogP contribution in [0.1, 0.15) is 11.3 Å². The maximum absolute atomic E-state index is 6.00. The SMILES string of the molecule is CN(Cc1cc(Cl)c(N)c(Cl)c1)Cc1ccco1. The fraction of sp³-hybridized carbons (Fsp3) is 0.231. The van der Waals surface area contributed by atoms with Crippen LogP contribution < -0.4 is 5.73 Å². The Bertz CT molecular complexity index is 503. The first-order valence-corrected chi connectivity index (χ1v) is 6.26. The lowest BCUT2D eigenvalue weighted by Crippen LogP contribution is -2.16. The zero-order valence-electron chi connectivity index (χ0n) is 9.99. The number of hydrogen-bond acceptors (Lipinski definition) is 3. The molecule has 18 heavy (non-hydrogen) atoms. The fourth-order valence-corrected chi connectivity index (χ4v) is 2.30. The predicted octanol–water partition coefficient (Wildman–Crippen LogP) is 3.80. The summed E-state index contributed by atoms with van der Waals surface area (Å²) in [5.74, 6) is 0.921. The summed E-state index contributed by atoms with van der Waals surface area (Å²) in [5.41, 5.74) is 7.15. The third-order valence-electron chi connectivity index (χ3n) is 2.60. The van der Waals surface area contributed by atoms with Gasteiger partial charge in [-0.3, -0.25) is 4.90 Å². The first-order valence-electron chi connectivity index (χ1n) is 5.50. The molecule has 0 bridgehead atoms. The number of halogens is 2. The molecule has 0 unspecified atom stereocenters. The Labute approximate surface area is 116 Å². The van der Waals surface area contributed by atoms with Gasteiger partial charge in [-0.05, 0) is 36.9 Å². The van der Waals surface area contributed by atoms with E-state index in [0.717, 1.165) is 24.4 Å². The summed E-state index contributed by atoms with van der Waals surface area (Å²) in [6.07, 6.45) is 1.67. The monoisotopic (exact) mass is 284 g/mol. The Morgan fingerprint density at radius 3 is 2.44 bits per heavy atom. The number of furan rings is 1. The Morgan fingerprint density at radius 2 is 1.89 bits per heavy atom. The molecule has 2 rings (SSSR count). The largest absolute Gasteiger partial charge is 0.468 e. The van der Waals surface area contributed by atoms with Crippen LogP contribution in [0.2, 0.25) is 10.0 Å². The molecule has 0 radical (unpaired) electrons. The summed E-state index contributed by atoms with van der Waals surface area (Å²) < 4.78 is 5.29. The van der Waals surface area contributed by atoms with Gasteiger partial charge in [0.1, 0.15) is 5.76 Å². The molecule has 2 aromatic rings. The van der Waals surface area contributed by atoms with Crippen LogP contribution in [0.15, 0.2) is 34.9 Å². The normalized spacial score (nSPS) is 11.1. The van der Waals surface area contributed by atoms with Gasteiger partial charge in [0.2, 0.25) is 0 Å². The van der Waals surface area contributed by atoms with Crippen LogP contribution in [0.25, 0.3) is 0 Å². The lowest BCUT2D eigenvalue weighted by atomic mass is 10.2. The lowest BCUT2D eigenvalue weighted by Gasteiger charge is -2.16. The highest BCUT2D eigenvalue weighted by molar-refractivity contribution is 6.38. The number of nitrogens with two attached hydrogens (primary N) is 1. The van der Waals surface area contributed by atoms with Crippen LogP contribution in [-0.2, 0) is 13.1 Å². The van der Waals surface area contributed by atoms with Gasteiger partial charge in [-0.25, -0.2) is 0 Å². The van der Waals surface area contributed by atoms with Crippen LogP contribution in [0, 0.1) is 0 Å². The Morgan fingerprint density at radius 1 is 1.22 bits per heavy atom. The van der Waals surface area contributed by atoms with E-state index in [1.165, 1.54) is 0 Å². The van der Waals surface area contributed by atoms with Crippen molar-refractivity contribution in [2.24, 2.45) is 0 Å². The number of rotatable bonds is 4. The molecule has 1 heterocycles. The van der Waals surface area contributed by atoms with E-state index in [1.54, 1.807) is 6.26 Å². The van der Waals surface area contributed by atoms with Crippen molar-refractivity contribution in [2.45, 2.75) is 13.1 Å². The van der Waals surface area contributed by atoms with E-state index < -0.39 is 0 Å². The minimum absolute atomic E-state index is 0.427. The third kappa shape index (κ3) is 3.19. The number of hydrogen-bond donors (Lipinski definition) is 1. The van der Waals surface area contributed by atoms with E-state index in [1.807, 2.05) is 31.3 Å². The van der Waals surface area contributed by atoms with Gasteiger partial charge in [0.15, 0.2) is 0 Å².